The standard InChI is InChI=1S/C22H25N5O5S2/c1-14-2-3-17-23-19(25-8-6-24(7-9-25)10-11-28)15(20(31)27(17)13-14)12-16-21(32)26(22(33)34-16)5-4-18(29)30/h2-3,12-13,28H,4-11H2,1H3,(H,29,30). The van der Waals surface area contributed by atoms with Crippen LogP contribution in [0.3, 0.4) is 0 Å². The molecule has 12 heteroatoms. The van der Waals surface area contributed by atoms with Gasteiger partial charge in [-0.2, -0.15) is 0 Å². The zero-order chi connectivity index (χ0) is 24.4. The van der Waals surface area contributed by atoms with Gasteiger partial charge >= 0.3 is 5.97 Å². The molecule has 0 aliphatic carbocycles. The minimum absolute atomic E-state index is 0.0227. The van der Waals surface area contributed by atoms with Crippen molar-refractivity contribution in [3.8, 4) is 0 Å². The number of amides is 1. The highest BCUT2D eigenvalue weighted by atomic mass is 32.2. The predicted octanol–water partition coefficient (Wildman–Crippen LogP) is 0.793. The molecule has 10 nitrogen and oxygen atoms in total. The normalized spacial score (nSPS) is 18.5. The maximum atomic E-state index is 13.5. The van der Waals surface area contributed by atoms with E-state index >= 15 is 0 Å². The van der Waals surface area contributed by atoms with Gasteiger partial charge in [0.1, 0.15) is 15.8 Å². The number of carboxylic acids is 1. The lowest BCUT2D eigenvalue weighted by atomic mass is 10.2. The molecule has 2 aliphatic heterocycles. The molecule has 2 N–H and O–H groups in total. The van der Waals surface area contributed by atoms with Gasteiger partial charge in [0, 0.05) is 45.5 Å². The fourth-order valence-corrected chi connectivity index (χ4v) is 5.26. The topological polar surface area (TPSA) is 119 Å². The number of carboxylic acid groups (broad SMARTS) is 1. The van der Waals surface area contributed by atoms with Gasteiger partial charge in [-0.1, -0.05) is 30.0 Å². The molecule has 2 aromatic heterocycles. The second-order valence-corrected chi connectivity index (χ2v) is 9.79. The Labute approximate surface area is 205 Å². The van der Waals surface area contributed by atoms with Crippen LogP contribution in [0.4, 0.5) is 5.82 Å². The van der Waals surface area contributed by atoms with E-state index in [4.69, 9.17) is 22.3 Å². The number of hydrogen-bond acceptors (Lipinski definition) is 9. The summed E-state index contributed by atoms with van der Waals surface area (Å²) in [6.07, 6.45) is 3.02. The number of aryl methyl sites for hydroxylation is 1. The van der Waals surface area contributed by atoms with Crippen molar-refractivity contribution in [3.63, 3.8) is 0 Å². The van der Waals surface area contributed by atoms with Crippen LogP contribution in [-0.2, 0) is 9.59 Å². The molecule has 4 rings (SSSR count). The smallest absolute Gasteiger partial charge is 0.305 e. The summed E-state index contributed by atoms with van der Waals surface area (Å²) in [5, 5.41) is 18.2. The molecule has 0 aromatic carbocycles. The predicted molar refractivity (Wildman–Crippen MR) is 134 cm³/mol. The summed E-state index contributed by atoms with van der Waals surface area (Å²) in [6.45, 7) is 5.21. The number of aromatic nitrogens is 2. The first-order chi connectivity index (χ1) is 16.3. The van der Waals surface area contributed by atoms with Gasteiger partial charge in [-0.3, -0.25) is 28.6 Å². The Morgan fingerprint density at radius 2 is 1.94 bits per heavy atom. The molecular formula is C22H25N5O5S2. The lowest BCUT2D eigenvalue weighted by molar-refractivity contribution is -0.137. The van der Waals surface area contributed by atoms with Crippen molar-refractivity contribution in [3.05, 3.63) is 44.7 Å². The van der Waals surface area contributed by atoms with E-state index in [9.17, 15) is 19.5 Å². The number of nitrogens with zero attached hydrogens (tertiary/aromatic N) is 5. The van der Waals surface area contributed by atoms with Crippen molar-refractivity contribution in [2.24, 2.45) is 0 Å². The van der Waals surface area contributed by atoms with Crippen LogP contribution in [-0.4, -0.2) is 91.5 Å². The number of carbonyl (C=O) groups excluding carboxylic acids is 1. The molecule has 0 spiro atoms. The molecule has 2 fully saturated rings. The fraction of sp³-hybridized carbons (Fsp3) is 0.409. The van der Waals surface area contributed by atoms with Crippen LogP contribution < -0.4 is 10.5 Å². The average molecular weight is 504 g/mol. The van der Waals surface area contributed by atoms with Crippen molar-refractivity contribution in [1.82, 2.24) is 19.2 Å². The summed E-state index contributed by atoms with van der Waals surface area (Å²) in [5.41, 5.74) is 1.40. The summed E-state index contributed by atoms with van der Waals surface area (Å²) in [7, 11) is 0. The number of aliphatic hydroxyl groups is 1. The van der Waals surface area contributed by atoms with Crippen molar-refractivity contribution in [1.29, 1.82) is 0 Å². The first-order valence-electron chi connectivity index (χ1n) is 10.9. The van der Waals surface area contributed by atoms with Crippen LogP contribution in [0.1, 0.15) is 17.5 Å². The Bertz CT molecular complexity index is 1240. The van der Waals surface area contributed by atoms with Crippen molar-refractivity contribution in [2.75, 3.05) is 50.8 Å². The number of β-amino-alcohol motifs (C(OH)–C–C–N with tert-alkyl or cyclic N) is 1. The van der Waals surface area contributed by atoms with E-state index in [1.165, 1.54) is 15.4 Å². The van der Waals surface area contributed by atoms with E-state index in [1.807, 2.05) is 17.9 Å². The molecule has 34 heavy (non-hydrogen) atoms. The maximum Gasteiger partial charge on any atom is 0.305 e. The number of aliphatic carboxylic acids is 1. The Kier molecular flexibility index (Phi) is 7.31. The van der Waals surface area contributed by atoms with Crippen LogP contribution in [0.15, 0.2) is 28.0 Å². The zero-order valence-electron chi connectivity index (χ0n) is 18.6. The molecule has 2 aliphatic rings. The molecule has 2 saturated heterocycles. The maximum absolute atomic E-state index is 13.5. The second kappa shape index (κ2) is 10.2. The van der Waals surface area contributed by atoms with Gasteiger partial charge in [-0.15, -0.1) is 0 Å². The average Bonchev–Trinajstić information content (AvgIpc) is 3.07. The molecule has 0 bridgehead atoms. The highest BCUT2D eigenvalue weighted by molar-refractivity contribution is 8.26. The van der Waals surface area contributed by atoms with Gasteiger partial charge in [0.15, 0.2) is 0 Å². The summed E-state index contributed by atoms with van der Waals surface area (Å²) in [5.74, 6) is -0.940. The number of carbonyl (C=O) groups is 2. The van der Waals surface area contributed by atoms with Gasteiger partial charge in [0.25, 0.3) is 11.5 Å². The van der Waals surface area contributed by atoms with Crippen molar-refractivity contribution >= 4 is 57.7 Å². The van der Waals surface area contributed by atoms with Crippen LogP contribution in [0.2, 0.25) is 0 Å². The van der Waals surface area contributed by atoms with Crippen LogP contribution in [0.25, 0.3) is 11.7 Å². The van der Waals surface area contributed by atoms with Gasteiger partial charge in [0.2, 0.25) is 0 Å². The molecule has 2 aromatic rings. The third-order valence-corrected chi connectivity index (χ3v) is 7.15. The van der Waals surface area contributed by atoms with Gasteiger partial charge in [0.05, 0.1) is 23.5 Å². The number of thiocarbonyl (C=S) groups is 1. The summed E-state index contributed by atoms with van der Waals surface area (Å²) >= 11 is 6.34. The van der Waals surface area contributed by atoms with E-state index in [0.717, 1.165) is 17.3 Å². The fourth-order valence-electron chi connectivity index (χ4n) is 3.97. The minimum Gasteiger partial charge on any atom is -0.481 e. The molecule has 0 radical (unpaired) electrons. The molecule has 180 valence electrons. The van der Waals surface area contributed by atoms with E-state index in [2.05, 4.69) is 4.90 Å². The zero-order valence-corrected chi connectivity index (χ0v) is 20.3. The largest absolute Gasteiger partial charge is 0.481 e. The number of piperazine rings is 1. The third kappa shape index (κ3) is 4.99. The van der Waals surface area contributed by atoms with Gasteiger partial charge < -0.3 is 15.1 Å². The monoisotopic (exact) mass is 503 g/mol. The van der Waals surface area contributed by atoms with Crippen LogP contribution in [0.5, 0.6) is 0 Å². The number of fused-ring (bicyclic) bond motifs is 1. The molecular weight excluding hydrogens is 478 g/mol. The number of aliphatic hydroxyl groups excluding tert-OH is 1. The Morgan fingerprint density at radius 3 is 2.62 bits per heavy atom. The molecule has 0 saturated carbocycles. The SMILES string of the molecule is Cc1ccc2nc(N3CCN(CCO)CC3)c(C=C3SC(=S)N(CCC(=O)O)C3=O)c(=O)n2c1. The molecule has 4 heterocycles. The summed E-state index contributed by atoms with van der Waals surface area (Å²) in [4.78, 5) is 47.9. The van der Waals surface area contributed by atoms with E-state index in [0.29, 0.717) is 44.2 Å². The Hall–Kier alpha value is -2.80. The Balaban J connectivity index is 1.75. The Morgan fingerprint density at radius 1 is 1.21 bits per heavy atom. The number of anilines is 1. The lowest BCUT2D eigenvalue weighted by Gasteiger charge is -2.35. The minimum atomic E-state index is -1.02. The van der Waals surface area contributed by atoms with E-state index in [-0.39, 0.29) is 39.9 Å². The number of pyridine rings is 1. The molecule has 0 unspecified atom stereocenters. The quantitative estimate of drug-likeness (QED) is 0.415. The number of hydrogen-bond donors (Lipinski definition) is 2. The highest BCUT2D eigenvalue weighted by Crippen LogP contribution is 2.33. The van der Waals surface area contributed by atoms with Crippen LogP contribution >= 0.6 is 24.0 Å². The van der Waals surface area contributed by atoms with Crippen molar-refractivity contribution < 1.29 is 19.8 Å². The third-order valence-electron chi connectivity index (χ3n) is 5.77. The van der Waals surface area contributed by atoms with Gasteiger partial charge in [-0.05, 0) is 24.6 Å². The number of rotatable bonds is 7. The summed E-state index contributed by atoms with van der Waals surface area (Å²) < 4.78 is 1.74. The number of thioether (sulfide) groups is 1. The first kappa shape index (κ1) is 24.3. The van der Waals surface area contributed by atoms with Crippen LogP contribution in [0, 0.1) is 6.92 Å². The van der Waals surface area contributed by atoms with Gasteiger partial charge in [-0.25, -0.2) is 4.98 Å². The summed E-state index contributed by atoms with van der Waals surface area (Å²) in [6, 6.07) is 3.68. The van der Waals surface area contributed by atoms with Crippen molar-refractivity contribution in [2.45, 2.75) is 13.3 Å². The van der Waals surface area contributed by atoms with E-state index in [1.54, 1.807) is 12.3 Å². The lowest BCUT2D eigenvalue weighted by Crippen LogP contribution is -2.48. The highest BCUT2D eigenvalue weighted by Gasteiger charge is 2.33. The second-order valence-electron chi connectivity index (χ2n) is 8.12. The first-order valence-corrected chi connectivity index (χ1v) is 12.1. The molecule has 0 atom stereocenters. The molecule has 1 amide bonds. The van der Waals surface area contributed by atoms with E-state index < -0.39 is 11.9 Å².